The quantitative estimate of drug-likeness (QED) is 0.877. The molecule has 2 aliphatic rings. The number of aryl methyl sites for hydroxylation is 1. The lowest BCUT2D eigenvalue weighted by Crippen LogP contribution is -2.37. The van der Waals surface area contributed by atoms with Gasteiger partial charge in [-0.1, -0.05) is 24.3 Å². The lowest BCUT2D eigenvalue weighted by molar-refractivity contribution is -0.122. The third kappa shape index (κ3) is 2.98. The summed E-state index contributed by atoms with van der Waals surface area (Å²) >= 11 is 0. The molecular formula is C16H22N2O. The zero-order valence-corrected chi connectivity index (χ0v) is 11.6. The van der Waals surface area contributed by atoms with E-state index in [1.165, 1.54) is 24.0 Å². The Morgan fingerprint density at radius 1 is 1.32 bits per heavy atom. The van der Waals surface area contributed by atoms with Crippen molar-refractivity contribution >= 4 is 5.91 Å². The first-order valence-electron chi connectivity index (χ1n) is 7.29. The Hall–Kier alpha value is -1.35. The Morgan fingerprint density at radius 3 is 2.89 bits per heavy atom. The number of benzene rings is 1. The summed E-state index contributed by atoms with van der Waals surface area (Å²) in [4.78, 5) is 14.1. The van der Waals surface area contributed by atoms with Crippen LogP contribution >= 0.6 is 0 Å². The fraction of sp³-hybridized carbons (Fsp3) is 0.562. The number of hydrogen-bond donors (Lipinski definition) is 1. The highest BCUT2D eigenvalue weighted by atomic mass is 16.2. The van der Waals surface area contributed by atoms with Crippen LogP contribution in [0.15, 0.2) is 24.3 Å². The minimum atomic E-state index is 0.166. The van der Waals surface area contributed by atoms with Gasteiger partial charge in [-0.3, -0.25) is 9.69 Å². The number of nitrogens with one attached hydrogen (secondary N) is 1. The van der Waals surface area contributed by atoms with Crippen LogP contribution in [0.4, 0.5) is 0 Å². The molecule has 1 unspecified atom stereocenters. The summed E-state index contributed by atoms with van der Waals surface area (Å²) in [5, 5.41) is 3.04. The molecule has 0 heterocycles. The van der Waals surface area contributed by atoms with Crippen LogP contribution in [0.1, 0.15) is 36.4 Å². The van der Waals surface area contributed by atoms with Gasteiger partial charge in [0.1, 0.15) is 0 Å². The molecule has 0 aromatic heterocycles. The van der Waals surface area contributed by atoms with Crippen molar-refractivity contribution in [2.75, 3.05) is 20.1 Å². The molecule has 3 rings (SSSR count). The highest BCUT2D eigenvalue weighted by Gasteiger charge is 2.27. The van der Waals surface area contributed by atoms with E-state index in [1.54, 1.807) is 0 Å². The van der Waals surface area contributed by atoms with Crippen LogP contribution in [-0.2, 0) is 11.2 Å². The fourth-order valence-corrected chi connectivity index (χ4v) is 2.97. The Balaban J connectivity index is 1.55. The van der Waals surface area contributed by atoms with E-state index >= 15 is 0 Å². The highest BCUT2D eigenvalue weighted by Crippen LogP contribution is 2.34. The van der Waals surface area contributed by atoms with E-state index in [1.807, 2.05) is 0 Å². The van der Waals surface area contributed by atoms with Gasteiger partial charge >= 0.3 is 0 Å². The third-order valence-corrected chi connectivity index (χ3v) is 4.31. The van der Waals surface area contributed by atoms with Crippen LogP contribution in [0.3, 0.4) is 0 Å². The number of fused-ring (bicyclic) bond motifs is 1. The van der Waals surface area contributed by atoms with Crippen LogP contribution in [0.25, 0.3) is 0 Å². The van der Waals surface area contributed by atoms with E-state index in [-0.39, 0.29) is 5.91 Å². The van der Waals surface area contributed by atoms with E-state index < -0.39 is 0 Å². The molecule has 19 heavy (non-hydrogen) atoms. The predicted molar refractivity (Wildman–Crippen MR) is 75.9 cm³/mol. The minimum absolute atomic E-state index is 0.166. The van der Waals surface area contributed by atoms with Gasteiger partial charge < -0.3 is 5.32 Å². The average molecular weight is 258 g/mol. The normalized spacial score (nSPS) is 21.5. The van der Waals surface area contributed by atoms with Gasteiger partial charge in [0, 0.05) is 12.6 Å². The van der Waals surface area contributed by atoms with E-state index in [9.17, 15) is 4.79 Å². The number of carbonyl (C=O) groups is 1. The summed E-state index contributed by atoms with van der Waals surface area (Å²) in [6, 6.07) is 9.01. The standard InChI is InChI=1S/C16H22N2O/c1-18(11-16(19)17-10-12-6-7-12)15-9-8-13-4-2-3-5-14(13)15/h2-5,12,15H,6-11H2,1H3,(H,17,19). The van der Waals surface area contributed by atoms with Gasteiger partial charge in [-0.25, -0.2) is 0 Å². The predicted octanol–water partition coefficient (Wildman–Crippen LogP) is 2.13. The molecule has 3 nitrogen and oxygen atoms in total. The van der Waals surface area contributed by atoms with Crippen molar-refractivity contribution in [2.24, 2.45) is 5.92 Å². The molecule has 1 aromatic carbocycles. The summed E-state index contributed by atoms with van der Waals surface area (Å²) in [5.74, 6) is 0.917. The second-order valence-electron chi connectivity index (χ2n) is 5.92. The van der Waals surface area contributed by atoms with Crippen LogP contribution in [0.2, 0.25) is 0 Å². The van der Waals surface area contributed by atoms with Crippen molar-refractivity contribution in [1.82, 2.24) is 10.2 Å². The molecule has 0 saturated heterocycles. The third-order valence-electron chi connectivity index (χ3n) is 4.31. The molecule has 1 amide bonds. The van der Waals surface area contributed by atoms with Gasteiger partial charge in [0.25, 0.3) is 0 Å². The maximum Gasteiger partial charge on any atom is 0.234 e. The van der Waals surface area contributed by atoms with Crippen LogP contribution in [0.5, 0.6) is 0 Å². The lowest BCUT2D eigenvalue weighted by atomic mass is 10.1. The number of hydrogen-bond acceptors (Lipinski definition) is 2. The van der Waals surface area contributed by atoms with Crippen molar-refractivity contribution in [3.05, 3.63) is 35.4 Å². The molecule has 1 aromatic rings. The van der Waals surface area contributed by atoms with Crippen molar-refractivity contribution < 1.29 is 4.79 Å². The zero-order valence-electron chi connectivity index (χ0n) is 11.6. The molecule has 0 radical (unpaired) electrons. The Kier molecular flexibility index (Phi) is 3.56. The maximum atomic E-state index is 11.9. The smallest absolute Gasteiger partial charge is 0.234 e. The molecule has 3 heteroatoms. The number of likely N-dealkylation sites (N-methyl/N-ethyl adjacent to an activating group) is 1. The number of carbonyl (C=O) groups excluding carboxylic acids is 1. The first-order valence-corrected chi connectivity index (χ1v) is 7.29. The number of rotatable bonds is 5. The van der Waals surface area contributed by atoms with Crippen molar-refractivity contribution in [3.63, 3.8) is 0 Å². The van der Waals surface area contributed by atoms with Crippen molar-refractivity contribution in [1.29, 1.82) is 0 Å². The molecule has 102 valence electrons. The summed E-state index contributed by atoms with van der Waals surface area (Å²) in [6.45, 7) is 1.37. The molecule has 1 fully saturated rings. The van der Waals surface area contributed by atoms with E-state index in [2.05, 4.69) is 41.5 Å². The molecule has 1 atom stereocenters. The van der Waals surface area contributed by atoms with Gasteiger partial charge in [0.05, 0.1) is 6.54 Å². The monoisotopic (exact) mass is 258 g/mol. The van der Waals surface area contributed by atoms with Crippen LogP contribution in [0, 0.1) is 5.92 Å². The number of amides is 1. The summed E-state index contributed by atoms with van der Waals surface area (Å²) in [7, 11) is 2.06. The summed E-state index contributed by atoms with van der Waals surface area (Å²) in [6.07, 6.45) is 4.83. The molecule has 2 aliphatic carbocycles. The molecular weight excluding hydrogens is 236 g/mol. The largest absolute Gasteiger partial charge is 0.355 e. The average Bonchev–Trinajstić information content (AvgIpc) is 3.14. The van der Waals surface area contributed by atoms with Crippen LogP contribution < -0.4 is 5.32 Å². The van der Waals surface area contributed by atoms with Crippen LogP contribution in [-0.4, -0.2) is 30.9 Å². The topological polar surface area (TPSA) is 32.3 Å². The Labute approximate surface area is 115 Å². The minimum Gasteiger partial charge on any atom is -0.355 e. The van der Waals surface area contributed by atoms with E-state index in [4.69, 9.17) is 0 Å². The van der Waals surface area contributed by atoms with Gasteiger partial charge in [-0.15, -0.1) is 0 Å². The van der Waals surface area contributed by atoms with Crippen molar-refractivity contribution in [2.45, 2.75) is 31.7 Å². The number of nitrogens with zero attached hydrogens (tertiary/aromatic N) is 1. The van der Waals surface area contributed by atoms with Gasteiger partial charge in [-0.2, -0.15) is 0 Å². The second-order valence-corrected chi connectivity index (χ2v) is 5.92. The fourth-order valence-electron chi connectivity index (χ4n) is 2.97. The van der Waals surface area contributed by atoms with Gasteiger partial charge in [-0.05, 0) is 49.8 Å². The molecule has 0 aliphatic heterocycles. The first kappa shape index (κ1) is 12.7. The lowest BCUT2D eigenvalue weighted by Gasteiger charge is -2.24. The highest BCUT2D eigenvalue weighted by molar-refractivity contribution is 5.78. The summed E-state index contributed by atoms with van der Waals surface area (Å²) < 4.78 is 0. The first-order chi connectivity index (χ1) is 9.24. The van der Waals surface area contributed by atoms with Gasteiger partial charge in [0.15, 0.2) is 0 Å². The zero-order chi connectivity index (χ0) is 13.2. The Bertz CT molecular complexity index is 468. The molecule has 0 spiro atoms. The molecule has 1 saturated carbocycles. The maximum absolute atomic E-state index is 11.9. The summed E-state index contributed by atoms with van der Waals surface area (Å²) in [5.41, 5.74) is 2.85. The van der Waals surface area contributed by atoms with Crippen molar-refractivity contribution in [3.8, 4) is 0 Å². The van der Waals surface area contributed by atoms with E-state index in [0.717, 1.165) is 25.3 Å². The molecule has 1 N–H and O–H groups in total. The second kappa shape index (κ2) is 5.33. The SMILES string of the molecule is CN(CC(=O)NCC1CC1)C1CCc2ccccc21. The van der Waals surface area contributed by atoms with E-state index in [0.29, 0.717) is 12.6 Å². The Morgan fingerprint density at radius 2 is 2.11 bits per heavy atom. The molecule has 0 bridgehead atoms. The van der Waals surface area contributed by atoms with Gasteiger partial charge in [0.2, 0.25) is 5.91 Å².